The van der Waals surface area contributed by atoms with Crippen LogP contribution in [0, 0.1) is 13.8 Å². The lowest BCUT2D eigenvalue weighted by molar-refractivity contribution is -0.170. The Morgan fingerprint density at radius 2 is 1.46 bits per heavy atom. The molecule has 0 aliphatic rings. The van der Waals surface area contributed by atoms with E-state index in [-0.39, 0.29) is 0 Å². The number of hydrogen-bond acceptors (Lipinski definition) is 8. The molecular weight excluding hydrogens is 524 g/mol. The quantitative estimate of drug-likeness (QED) is 0.216. The van der Waals surface area contributed by atoms with Gasteiger partial charge >= 0.3 is 17.9 Å². The van der Waals surface area contributed by atoms with E-state index in [9.17, 15) is 14.4 Å². The third-order valence-electron chi connectivity index (χ3n) is 5.90. The van der Waals surface area contributed by atoms with E-state index in [4.69, 9.17) is 25.4 Å². The molecule has 4 N–H and O–H groups in total. The second-order valence-corrected chi connectivity index (χ2v) is 10.0. The number of rotatable bonds is 11. The molecule has 0 bridgehead atoms. The molecule has 4 aromatic rings. The molecular formula is C27H30N4O7S. The molecule has 206 valence electrons. The average molecular weight is 555 g/mol. The molecule has 0 fully saturated rings. The zero-order valence-electron chi connectivity index (χ0n) is 21.5. The van der Waals surface area contributed by atoms with E-state index in [2.05, 4.69) is 76.1 Å². The third-order valence-corrected chi connectivity index (χ3v) is 6.66. The molecule has 3 aromatic heterocycles. The van der Waals surface area contributed by atoms with Gasteiger partial charge in [-0.05, 0) is 37.1 Å². The van der Waals surface area contributed by atoms with Gasteiger partial charge in [-0.1, -0.05) is 29.8 Å². The molecule has 4 rings (SSSR count). The summed E-state index contributed by atoms with van der Waals surface area (Å²) in [5.41, 5.74) is 3.53. The first-order valence-corrected chi connectivity index (χ1v) is 12.8. The highest BCUT2D eigenvalue weighted by Crippen LogP contribution is 2.21. The molecule has 39 heavy (non-hydrogen) atoms. The standard InChI is InChI=1S/C21H22N4S.C6H8O7/c1-16-3-5-18(6-4-16)13-24(14-19-7-9-22-10-8-19)15-20-17(2)23-21-25(20)11-12-26-21;7-3(8)1-6(13,5(11)12)2-4(9)10/h3-12H,13-15H2,1-2H3;13H,1-2H2,(H,7,8)(H,9,10)(H,11,12). The Kier molecular flexibility index (Phi) is 9.88. The zero-order chi connectivity index (χ0) is 28.6. The number of aryl methyl sites for hydroxylation is 2. The first kappa shape index (κ1) is 29.4. The lowest BCUT2D eigenvalue weighted by Gasteiger charge is -2.23. The Morgan fingerprint density at radius 1 is 0.897 bits per heavy atom. The number of nitrogens with zero attached hydrogens (tertiary/aromatic N) is 4. The van der Waals surface area contributed by atoms with Gasteiger partial charge in [0.2, 0.25) is 0 Å². The summed E-state index contributed by atoms with van der Waals surface area (Å²) in [5, 5.41) is 35.9. The Bertz CT molecular complexity index is 1400. The van der Waals surface area contributed by atoms with Crippen LogP contribution in [0.3, 0.4) is 0 Å². The van der Waals surface area contributed by atoms with Crippen molar-refractivity contribution in [3.63, 3.8) is 0 Å². The van der Waals surface area contributed by atoms with Crippen LogP contribution in [0.5, 0.6) is 0 Å². The molecule has 0 saturated heterocycles. The lowest BCUT2D eigenvalue weighted by atomic mass is 9.96. The topological polar surface area (TPSA) is 166 Å². The highest BCUT2D eigenvalue weighted by molar-refractivity contribution is 7.15. The van der Waals surface area contributed by atoms with Crippen molar-refractivity contribution in [2.45, 2.75) is 51.9 Å². The highest BCUT2D eigenvalue weighted by atomic mass is 32.1. The Balaban J connectivity index is 0.000000276. The smallest absolute Gasteiger partial charge is 0.336 e. The van der Waals surface area contributed by atoms with E-state index in [0.717, 1.165) is 30.3 Å². The van der Waals surface area contributed by atoms with Crippen LogP contribution in [0.1, 0.15) is 40.9 Å². The van der Waals surface area contributed by atoms with Crippen molar-refractivity contribution in [2.75, 3.05) is 0 Å². The number of benzene rings is 1. The third kappa shape index (κ3) is 8.43. The van der Waals surface area contributed by atoms with Gasteiger partial charge in [-0.25, -0.2) is 9.78 Å². The lowest BCUT2D eigenvalue weighted by Crippen LogP contribution is -2.42. The summed E-state index contributed by atoms with van der Waals surface area (Å²) in [5.74, 6) is -5.02. The van der Waals surface area contributed by atoms with Crippen LogP contribution >= 0.6 is 11.3 Å². The molecule has 0 aliphatic carbocycles. The van der Waals surface area contributed by atoms with Gasteiger partial charge in [0.15, 0.2) is 10.6 Å². The summed E-state index contributed by atoms with van der Waals surface area (Å²) < 4.78 is 2.22. The number of imidazole rings is 1. The van der Waals surface area contributed by atoms with Crippen molar-refractivity contribution in [3.8, 4) is 0 Å². The minimum atomic E-state index is -2.74. The molecule has 0 atom stereocenters. The SMILES string of the molecule is Cc1ccc(CN(Cc2ccncc2)Cc2c(C)nc3sccn23)cc1.O=C(O)CC(O)(CC(=O)O)C(=O)O. The van der Waals surface area contributed by atoms with Gasteiger partial charge < -0.3 is 20.4 Å². The van der Waals surface area contributed by atoms with Crippen LogP contribution in [-0.4, -0.2) is 63.2 Å². The second-order valence-electron chi connectivity index (χ2n) is 9.16. The average Bonchev–Trinajstić information content (AvgIpc) is 3.42. The number of hydrogen-bond donors (Lipinski definition) is 4. The van der Waals surface area contributed by atoms with E-state index < -0.39 is 36.4 Å². The largest absolute Gasteiger partial charge is 0.481 e. The van der Waals surface area contributed by atoms with E-state index in [1.807, 2.05) is 12.4 Å². The second kappa shape index (κ2) is 13.1. The fourth-order valence-electron chi connectivity index (χ4n) is 3.92. The Hall–Kier alpha value is -4.13. The number of carboxylic acid groups (broad SMARTS) is 3. The summed E-state index contributed by atoms with van der Waals surface area (Å²) in [6, 6.07) is 13.0. The number of carbonyl (C=O) groups is 3. The normalized spacial score (nSPS) is 11.3. The van der Waals surface area contributed by atoms with Crippen molar-refractivity contribution >= 4 is 34.2 Å². The maximum absolute atomic E-state index is 10.3. The number of carboxylic acids is 3. The number of aromatic nitrogens is 3. The maximum atomic E-state index is 10.3. The first-order valence-electron chi connectivity index (χ1n) is 11.9. The molecule has 1 aromatic carbocycles. The summed E-state index contributed by atoms with van der Waals surface area (Å²) in [7, 11) is 0. The molecule has 12 heteroatoms. The van der Waals surface area contributed by atoms with E-state index in [1.54, 1.807) is 11.3 Å². The number of pyridine rings is 1. The fraction of sp³-hybridized carbons (Fsp3) is 0.296. The van der Waals surface area contributed by atoms with Gasteiger partial charge in [0.1, 0.15) is 0 Å². The molecule has 3 heterocycles. The zero-order valence-corrected chi connectivity index (χ0v) is 22.3. The molecule has 0 amide bonds. The van der Waals surface area contributed by atoms with Crippen molar-refractivity contribution in [1.29, 1.82) is 0 Å². The maximum Gasteiger partial charge on any atom is 0.336 e. The molecule has 0 saturated carbocycles. The predicted octanol–water partition coefficient (Wildman–Crippen LogP) is 3.36. The van der Waals surface area contributed by atoms with Crippen molar-refractivity contribution in [3.05, 3.63) is 88.4 Å². The number of fused-ring (bicyclic) bond motifs is 1. The first-order chi connectivity index (χ1) is 18.5. The van der Waals surface area contributed by atoms with Gasteiger partial charge in [-0.3, -0.25) is 23.9 Å². The summed E-state index contributed by atoms with van der Waals surface area (Å²) >= 11 is 1.68. The van der Waals surface area contributed by atoms with Gasteiger partial charge in [-0.15, -0.1) is 11.3 Å². The summed E-state index contributed by atoms with van der Waals surface area (Å²) in [6.45, 7) is 6.87. The molecule has 0 aliphatic heterocycles. The molecule has 11 nitrogen and oxygen atoms in total. The Morgan fingerprint density at radius 3 is 2.00 bits per heavy atom. The minimum absolute atomic E-state index is 0.861. The van der Waals surface area contributed by atoms with Crippen LogP contribution in [0.25, 0.3) is 4.96 Å². The molecule has 0 radical (unpaired) electrons. The number of aliphatic hydroxyl groups is 1. The number of thiazole rings is 1. The summed E-state index contributed by atoms with van der Waals surface area (Å²) in [4.78, 5) is 42.9. The summed E-state index contributed by atoms with van der Waals surface area (Å²) in [6.07, 6.45) is 3.55. The molecule has 0 spiro atoms. The van der Waals surface area contributed by atoms with E-state index in [1.165, 1.54) is 22.4 Å². The fourth-order valence-corrected chi connectivity index (χ4v) is 4.70. The van der Waals surface area contributed by atoms with Gasteiger partial charge in [0.25, 0.3) is 0 Å². The van der Waals surface area contributed by atoms with Crippen LogP contribution in [0.4, 0.5) is 0 Å². The van der Waals surface area contributed by atoms with Gasteiger partial charge in [0.05, 0.1) is 24.2 Å². The monoisotopic (exact) mass is 554 g/mol. The number of aliphatic carboxylic acids is 3. The van der Waals surface area contributed by atoms with Gasteiger partial charge in [0, 0.05) is 43.6 Å². The minimum Gasteiger partial charge on any atom is -0.481 e. The van der Waals surface area contributed by atoms with Crippen molar-refractivity contribution < 1.29 is 34.8 Å². The van der Waals surface area contributed by atoms with E-state index >= 15 is 0 Å². The van der Waals surface area contributed by atoms with Gasteiger partial charge in [-0.2, -0.15) is 0 Å². The van der Waals surface area contributed by atoms with Crippen LogP contribution in [-0.2, 0) is 34.0 Å². The van der Waals surface area contributed by atoms with Crippen LogP contribution in [0.15, 0.2) is 60.4 Å². The van der Waals surface area contributed by atoms with Crippen molar-refractivity contribution in [2.24, 2.45) is 0 Å². The van der Waals surface area contributed by atoms with Crippen molar-refractivity contribution in [1.82, 2.24) is 19.3 Å². The Labute approximate surface area is 228 Å². The molecule has 0 unspecified atom stereocenters. The predicted molar refractivity (Wildman–Crippen MR) is 143 cm³/mol. The van der Waals surface area contributed by atoms with Crippen LogP contribution < -0.4 is 0 Å². The van der Waals surface area contributed by atoms with E-state index in [0.29, 0.717) is 0 Å². The van der Waals surface area contributed by atoms with Crippen LogP contribution in [0.2, 0.25) is 0 Å². The highest BCUT2D eigenvalue weighted by Gasteiger charge is 2.40.